The van der Waals surface area contributed by atoms with Crippen LogP contribution in [0, 0.1) is 12.7 Å². The highest BCUT2D eigenvalue weighted by atomic mass is 19.1. The van der Waals surface area contributed by atoms with E-state index in [4.69, 9.17) is 4.74 Å². The number of hydrogen-bond donors (Lipinski definition) is 1. The molecule has 0 aliphatic carbocycles. The van der Waals surface area contributed by atoms with Gasteiger partial charge < -0.3 is 10.1 Å². The summed E-state index contributed by atoms with van der Waals surface area (Å²) in [5, 5.41) is 2.97. The van der Waals surface area contributed by atoms with E-state index in [1.807, 2.05) is 0 Å². The summed E-state index contributed by atoms with van der Waals surface area (Å²) >= 11 is 0. The minimum absolute atomic E-state index is 0.225. The number of esters is 1. The number of nitrogens with one attached hydrogen (secondary N) is 1. The lowest BCUT2D eigenvalue weighted by molar-refractivity contribution is -0.143. The molecular formula is C12H14FNO2. The predicted octanol–water partition coefficient (Wildman–Crippen LogP) is 2.03. The van der Waals surface area contributed by atoms with Gasteiger partial charge in [-0.25, -0.2) is 9.18 Å². The number of fused-ring (bicyclic) bond motifs is 1. The van der Waals surface area contributed by atoms with Gasteiger partial charge in [0, 0.05) is 17.7 Å². The molecule has 0 saturated heterocycles. The van der Waals surface area contributed by atoms with Crippen LogP contribution in [0.4, 0.5) is 10.1 Å². The molecule has 3 nitrogen and oxygen atoms in total. The molecule has 0 unspecified atom stereocenters. The van der Waals surface area contributed by atoms with E-state index in [0.717, 1.165) is 0 Å². The molecule has 1 aliphatic rings. The minimum atomic E-state index is -0.453. The van der Waals surface area contributed by atoms with Crippen LogP contribution < -0.4 is 5.32 Å². The third-order valence-corrected chi connectivity index (χ3v) is 2.75. The molecule has 1 heterocycles. The standard InChI is InChI=1S/C12H14FNO2/c1-3-16-12(15)10-6-8-9(14-10)5-4-7(2)11(8)13/h4-5,10,14H,3,6H2,1-2H3/t10-/m0/s1. The monoisotopic (exact) mass is 223 g/mol. The topological polar surface area (TPSA) is 38.3 Å². The van der Waals surface area contributed by atoms with Crippen molar-refractivity contribution in [3.8, 4) is 0 Å². The summed E-state index contributed by atoms with van der Waals surface area (Å²) in [6, 6.07) is 3.05. The van der Waals surface area contributed by atoms with Gasteiger partial charge in [-0.05, 0) is 25.5 Å². The highest BCUT2D eigenvalue weighted by Crippen LogP contribution is 2.30. The maximum Gasteiger partial charge on any atom is 0.328 e. The molecule has 1 aromatic carbocycles. The lowest BCUT2D eigenvalue weighted by atomic mass is 10.1. The van der Waals surface area contributed by atoms with Gasteiger partial charge in [0.05, 0.1) is 6.61 Å². The van der Waals surface area contributed by atoms with E-state index in [0.29, 0.717) is 29.8 Å². The summed E-state index contributed by atoms with van der Waals surface area (Å²) < 4.78 is 18.6. The lowest BCUT2D eigenvalue weighted by Crippen LogP contribution is -2.29. The Morgan fingerprint density at radius 2 is 2.38 bits per heavy atom. The Hall–Kier alpha value is -1.58. The van der Waals surface area contributed by atoms with Gasteiger partial charge in [-0.1, -0.05) is 6.07 Å². The molecule has 86 valence electrons. The number of ether oxygens (including phenoxy) is 1. The molecule has 1 N–H and O–H groups in total. The average Bonchev–Trinajstić information content (AvgIpc) is 2.69. The molecular weight excluding hydrogens is 209 g/mol. The van der Waals surface area contributed by atoms with Crippen molar-refractivity contribution in [2.45, 2.75) is 26.3 Å². The van der Waals surface area contributed by atoms with Crippen molar-refractivity contribution < 1.29 is 13.9 Å². The van der Waals surface area contributed by atoms with Crippen LogP contribution in [-0.2, 0) is 16.0 Å². The number of halogens is 1. The smallest absolute Gasteiger partial charge is 0.328 e. The fourth-order valence-corrected chi connectivity index (χ4v) is 1.90. The molecule has 0 fully saturated rings. The third-order valence-electron chi connectivity index (χ3n) is 2.75. The van der Waals surface area contributed by atoms with Crippen LogP contribution in [-0.4, -0.2) is 18.6 Å². The van der Waals surface area contributed by atoms with Crippen LogP contribution in [0.3, 0.4) is 0 Å². The molecule has 1 aliphatic heterocycles. The van der Waals surface area contributed by atoms with E-state index in [1.54, 1.807) is 26.0 Å². The zero-order valence-electron chi connectivity index (χ0n) is 9.34. The van der Waals surface area contributed by atoms with Crippen molar-refractivity contribution in [3.05, 3.63) is 29.1 Å². The van der Waals surface area contributed by atoms with Crippen LogP contribution in [0.1, 0.15) is 18.1 Å². The summed E-state index contributed by atoms with van der Waals surface area (Å²) in [5.41, 5.74) is 1.88. The number of aryl methyl sites for hydroxylation is 1. The zero-order valence-corrected chi connectivity index (χ0v) is 9.34. The van der Waals surface area contributed by atoms with E-state index in [9.17, 15) is 9.18 Å². The Morgan fingerprint density at radius 3 is 3.06 bits per heavy atom. The van der Waals surface area contributed by atoms with Crippen LogP contribution in [0.15, 0.2) is 12.1 Å². The maximum absolute atomic E-state index is 13.7. The highest BCUT2D eigenvalue weighted by molar-refractivity contribution is 5.83. The third kappa shape index (κ3) is 1.75. The molecule has 0 radical (unpaired) electrons. The molecule has 0 aromatic heterocycles. The Balaban J connectivity index is 2.21. The maximum atomic E-state index is 13.7. The van der Waals surface area contributed by atoms with E-state index in [1.165, 1.54) is 0 Å². The van der Waals surface area contributed by atoms with Crippen molar-refractivity contribution >= 4 is 11.7 Å². The van der Waals surface area contributed by atoms with Crippen molar-refractivity contribution in [2.75, 3.05) is 11.9 Å². The predicted molar refractivity (Wildman–Crippen MR) is 58.9 cm³/mol. The number of hydrogen-bond acceptors (Lipinski definition) is 3. The summed E-state index contributed by atoms with van der Waals surface area (Å²) in [7, 11) is 0. The van der Waals surface area contributed by atoms with E-state index < -0.39 is 6.04 Å². The highest BCUT2D eigenvalue weighted by Gasteiger charge is 2.30. The first kappa shape index (κ1) is 10.9. The number of carbonyl (C=O) groups excluding carboxylic acids is 1. The van der Waals surface area contributed by atoms with Gasteiger partial charge in [0.1, 0.15) is 11.9 Å². The number of anilines is 1. The van der Waals surface area contributed by atoms with E-state index >= 15 is 0 Å². The first-order chi connectivity index (χ1) is 7.63. The van der Waals surface area contributed by atoms with Crippen molar-refractivity contribution in [1.82, 2.24) is 0 Å². The Kier molecular flexibility index (Phi) is 2.81. The second kappa shape index (κ2) is 4.12. The summed E-state index contributed by atoms with van der Waals surface area (Å²) in [4.78, 5) is 11.5. The van der Waals surface area contributed by atoms with Gasteiger partial charge >= 0.3 is 5.97 Å². The molecule has 2 rings (SSSR count). The van der Waals surface area contributed by atoms with Crippen molar-refractivity contribution in [1.29, 1.82) is 0 Å². The quantitative estimate of drug-likeness (QED) is 0.780. The number of carbonyl (C=O) groups is 1. The fraction of sp³-hybridized carbons (Fsp3) is 0.417. The molecule has 0 bridgehead atoms. The Morgan fingerprint density at radius 1 is 1.62 bits per heavy atom. The molecule has 0 saturated carbocycles. The van der Waals surface area contributed by atoms with Gasteiger partial charge in [-0.2, -0.15) is 0 Å². The summed E-state index contributed by atoms with van der Waals surface area (Å²) in [6.45, 7) is 3.81. The van der Waals surface area contributed by atoms with E-state index in [-0.39, 0.29) is 11.8 Å². The average molecular weight is 223 g/mol. The molecule has 0 amide bonds. The number of benzene rings is 1. The first-order valence-corrected chi connectivity index (χ1v) is 5.34. The Bertz CT molecular complexity index is 431. The molecule has 16 heavy (non-hydrogen) atoms. The SMILES string of the molecule is CCOC(=O)[C@@H]1Cc2c(ccc(C)c2F)N1. The normalized spacial score (nSPS) is 17.8. The van der Waals surface area contributed by atoms with Gasteiger partial charge in [0.2, 0.25) is 0 Å². The number of rotatable bonds is 2. The van der Waals surface area contributed by atoms with Crippen molar-refractivity contribution in [2.24, 2.45) is 0 Å². The second-order valence-corrected chi connectivity index (χ2v) is 3.88. The zero-order chi connectivity index (χ0) is 11.7. The van der Waals surface area contributed by atoms with E-state index in [2.05, 4.69) is 5.32 Å². The van der Waals surface area contributed by atoms with Crippen LogP contribution >= 0.6 is 0 Å². The second-order valence-electron chi connectivity index (χ2n) is 3.88. The summed E-state index contributed by atoms with van der Waals surface area (Å²) in [6.07, 6.45) is 0.363. The van der Waals surface area contributed by atoms with Crippen LogP contribution in [0.25, 0.3) is 0 Å². The molecule has 1 aromatic rings. The van der Waals surface area contributed by atoms with Crippen molar-refractivity contribution in [3.63, 3.8) is 0 Å². The Labute approximate surface area is 93.6 Å². The van der Waals surface area contributed by atoms with Gasteiger partial charge in [-0.3, -0.25) is 0 Å². The van der Waals surface area contributed by atoms with Gasteiger partial charge in [-0.15, -0.1) is 0 Å². The largest absolute Gasteiger partial charge is 0.464 e. The lowest BCUT2D eigenvalue weighted by Gasteiger charge is -2.09. The van der Waals surface area contributed by atoms with Gasteiger partial charge in [0.15, 0.2) is 0 Å². The van der Waals surface area contributed by atoms with Crippen LogP contribution in [0.2, 0.25) is 0 Å². The minimum Gasteiger partial charge on any atom is -0.464 e. The van der Waals surface area contributed by atoms with Gasteiger partial charge in [0.25, 0.3) is 0 Å². The summed E-state index contributed by atoms with van der Waals surface area (Å²) in [5.74, 6) is -0.549. The van der Waals surface area contributed by atoms with Crippen LogP contribution in [0.5, 0.6) is 0 Å². The first-order valence-electron chi connectivity index (χ1n) is 5.34. The molecule has 1 atom stereocenters. The molecule has 4 heteroatoms. The fourth-order valence-electron chi connectivity index (χ4n) is 1.90. The molecule has 0 spiro atoms.